The molecule has 6 nitrogen and oxygen atoms in total. The van der Waals surface area contributed by atoms with Crippen molar-refractivity contribution in [2.75, 3.05) is 0 Å². The SMILES string of the molecule is Cc1[nH]n(-c2c(Cl)cc(Cl)cc2Cl)c(=O)c1/C=N\NC(=O)c1ccccc1. The topological polar surface area (TPSA) is 79.2 Å². The number of aryl methyl sites for hydroxylation is 1. The van der Waals surface area contributed by atoms with Crippen molar-refractivity contribution in [3.63, 3.8) is 0 Å². The van der Waals surface area contributed by atoms with Crippen LogP contribution in [0.2, 0.25) is 15.1 Å². The van der Waals surface area contributed by atoms with Gasteiger partial charge in [-0.15, -0.1) is 0 Å². The van der Waals surface area contributed by atoms with Crippen LogP contribution in [0.25, 0.3) is 5.69 Å². The molecule has 3 rings (SSSR count). The molecule has 0 atom stereocenters. The standard InChI is InChI=1S/C18H13Cl3N4O2/c1-10-13(9-22-23-17(26)11-5-3-2-4-6-11)18(27)25(24-10)16-14(20)7-12(19)8-15(16)21/h2-9,24H,1H3,(H,23,26)/b22-9-. The zero-order chi connectivity index (χ0) is 19.6. The number of hydrogen-bond donors (Lipinski definition) is 2. The van der Waals surface area contributed by atoms with E-state index in [0.717, 1.165) is 0 Å². The lowest BCUT2D eigenvalue weighted by molar-refractivity contribution is 0.0955. The zero-order valence-corrected chi connectivity index (χ0v) is 16.2. The van der Waals surface area contributed by atoms with Crippen molar-refractivity contribution in [1.29, 1.82) is 0 Å². The van der Waals surface area contributed by atoms with Crippen molar-refractivity contribution in [3.05, 3.63) is 84.7 Å². The van der Waals surface area contributed by atoms with E-state index >= 15 is 0 Å². The molecule has 0 radical (unpaired) electrons. The molecule has 1 amide bonds. The van der Waals surface area contributed by atoms with Crippen LogP contribution in [-0.4, -0.2) is 21.9 Å². The van der Waals surface area contributed by atoms with Crippen LogP contribution in [0, 0.1) is 6.92 Å². The number of benzene rings is 2. The van der Waals surface area contributed by atoms with E-state index in [4.69, 9.17) is 34.8 Å². The molecule has 2 aromatic carbocycles. The minimum absolute atomic E-state index is 0.219. The fourth-order valence-corrected chi connectivity index (χ4v) is 3.41. The summed E-state index contributed by atoms with van der Waals surface area (Å²) in [7, 11) is 0. The third kappa shape index (κ3) is 4.08. The fourth-order valence-electron chi connectivity index (χ4n) is 2.43. The lowest BCUT2D eigenvalue weighted by Crippen LogP contribution is -2.20. The predicted molar refractivity (Wildman–Crippen MR) is 108 cm³/mol. The van der Waals surface area contributed by atoms with E-state index < -0.39 is 5.56 Å². The monoisotopic (exact) mass is 422 g/mol. The number of nitrogens with zero attached hydrogens (tertiary/aromatic N) is 2. The number of carbonyl (C=O) groups excluding carboxylic acids is 1. The highest BCUT2D eigenvalue weighted by molar-refractivity contribution is 6.40. The van der Waals surface area contributed by atoms with Gasteiger partial charge in [0, 0.05) is 16.3 Å². The molecule has 0 aliphatic rings. The summed E-state index contributed by atoms with van der Waals surface area (Å²) >= 11 is 18.3. The van der Waals surface area contributed by atoms with Crippen molar-refractivity contribution in [1.82, 2.24) is 15.2 Å². The molecule has 0 fully saturated rings. The van der Waals surface area contributed by atoms with Gasteiger partial charge in [0.05, 0.1) is 21.8 Å². The molecular weight excluding hydrogens is 411 g/mol. The molecule has 1 aromatic heterocycles. The molecule has 3 aromatic rings. The van der Waals surface area contributed by atoms with E-state index in [1.54, 1.807) is 37.3 Å². The highest BCUT2D eigenvalue weighted by Gasteiger charge is 2.16. The van der Waals surface area contributed by atoms with Crippen molar-refractivity contribution in [3.8, 4) is 5.69 Å². The molecule has 0 aliphatic carbocycles. The molecule has 9 heteroatoms. The lowest BCUT2D eigenvalue weighted by Gasteiger charge is -2.07. The van der Waals surface area contributed by atoms with Crippen molar-refractivity contribution < 1.29 is 4.79 Å². The number of hydrogen-bond acceptors (Lipinski definition) is 3. The molecule has 0 bridgehead atoms. The smallest absolute Gasteiger partial charge is 0.280 e. The Morgan fingerprint density at radius 2 is 1.78 bits per heavy atom. The first kappa shape index (κ1) is 19.2. The Bertz CT molecular complexity index is 1060. The largest absolute Gasteiger partial charge is 0.295 e. The average Bonchev–Trinajstić information content (AvgIpc) is 2.89. The third-order valence-corrected chi connectivity index (χ3v) is 4.51. The molecule has 0 aliphatic heterocycles. The number of H-pyrrole nitrogens is 1. The summed E-state index contributed by atoms with van der Waals surface area (Å²) in [5.74, 6) is -0.385. The van der Waals surface area contributed by atoms with Gasteiger partial charge in [-0.3, -0.25) is 14.7 Å². The van der Waals surface area contributed by atoms with Crippen LogP contribution in [0.15, 0.2) is 52.4 Å². The Balaban J connectivity index is 1.89. The normalized spacial score (nSPS) is 11.1. The van der Waals surface area contributed by atoms with Crippen LogP contribution in [-0.2, 0) is 0 Å². The van der Waals surface area contributed by atoms with Gasteiger partial charge in [0.1, 0.15) is 5.69 Å². The Morgan fingerprint density at radius 1 is 1.15 bits per heavy atom. The lowest BCUT2D eigenvalue weighted by atomic mass is 10.2. The molecular formula is C18H13Cl3N4O2. The minimum Gasteiger partial charge on any atom is -0.295 e. The van der Waals surface area contributed by atoms with Gasteiger partial charge in [0.25, 0.3) is 11.5 Å². The first-order chi connectivity index (χ1) is 12.9. The van der Waals surface area contributed by atoms with Crippen LogP contribution in [0.4, 0.5) is 0 Å². The van der Waals surface area contributed by atoms with E-state index in [0.29, 0.717) is 16.3 Å². The predicted octanol–water partition coefficient (Wildman–Crippen LogP) is 4.20. The summed E-state index contributed by atoms with van der Waals surface area (Å²) < 4.78 is 1.21. The molecule has 0 spiro atoms. The third-order valence-electron chi connectivity index (χ3n) is 3.72. The van der Waals surface area contributed by atoms with Gasteiger partial charge in [0.2, 0.25) is 0 Å². The van der Waals surface area contributed by atoms with E-state index in [1.165, 1.54) is 23.0 Å². The maximum absolute atomic E-state index is 12.7. The second-order valence-electron chi connectivity index (χ2n) is 5.57. The summed E-state index contributed by atoms with van der Waals surface area (Å²) in [6, 6.07) is 11.6. The van der Waals surface area contributed by atoms with Crippen LogP contribution in [0.5, 0.6) is 0 Å². The highest BCUT2D eigenvalue weighted by Crippen LogP contribution is 2.31. The first-order valence-electron chi connectivity index (χ1n) is 7.73. The Hall–Kier alpha value is -2.54. The summed E-state index contributed by atoms with van der Waals surface area (Å²) in [6.45, 7) is 1.69. The Kier molecular flexibility index (Phi) is 5.70. The van der Waals surface area contributed by atoms with Crippen LogP contribution < -0.4 is 11.0 Å². The highest BCUT2D eigenvalue weighted by atomic mass is 35.5. The zero-order valence-electron chi connectivity index (χ0n) is 14.0. The summed E-state index contributed by atoms with van der Waals surface area (Å²) in [6.07, 6.45) is 1.27. The van der Waals surface area contributed by atoms with E-state index in [1.807, 2.05) is 0 Å². The molecule has 138 valence electrons. The number of halogens is 3. The molecule has 2 N–H and O–H groups in total. The van der Waals surface area contributed by atoms with Crippen molar-refractivity contribution >= 4 is 46.9 Å². The number of aromatic amines is 1. The van der Waals surface area contributed by atoms with Crippen LogP contribution in [0.3, 0.4) is 0 Å². The van der Waals surface area contributed by atoms with Crippen LogP contribution in [0.1, 0.15) is 21.6 Å². The molecule has 0 saturated carbocycles. The average molecular weight is 424 g/mol. The van der Waals surface area contributed by atoms with Gasteiger partial charge in [-0.05, 0) is 31.2 Å². The van der Waals surface area contributed by atoms with Gasteiger partial charge in [-0.1, -0.05) is 53.0 Å². The van der Waals surface area contributed by atoms with E-state index in [-0.39, 0.29) is 27.2 Å². The number of carbonyl (C=O) groups is 1. The molecule has 0 unspecified atom stereocenters. The number of hydrazone groups is 1. The number of amides is 1. The van der Waals surface area contributed by atoms with E-state index in [2.05, 4.69) is 15.6 Å². The van der Waals surface area contributed by atoms with Gasteiger partial charge in [0.15, 0.2) is 0 Å². The molecule has 0 saturated heterocycles. The van der Waals surface area contributed by atoms with E-state index in [9.17, 15) is 9.59 Å². The van der Waals surface area contributed by atoms with Gasteiger partial charge >= 0.3 is 0 Å². The second kappa shape index (κ2) is 8.00. The van der Waals surface area contributed by atoms with Crippen molar-refractivity contribution in [2.45, 2.75) is 6.92 Å². The number of rotatable bonds is 4. The van der Waals surface area contributed by atoms with Gasteiger partial charge < -0.3 is 0 Å². The number of aromatic nitrogens is 2. The summed E-state index contributed by atoms with van der Waals surface area (Å²) in [5, 5.41) is 7.54. The maximum atomic E-state index is 12.7. The summed E-state index contributed by atoms with van der Waals surface area (Å²) in [5.41, 5.74) is 3.48. The maximum Gasteiger partial charge on any atom is 0.280 e. The van der Waals surface area contributed by atoms with Gasteiger partial charge in [-0.2, -0.15) is 5.10 Å². The summed E-state index contributed by atoms with van der Waals surface area (Å²) in [4.78, 5) is 24.7. The van der Waals surface area contributed by atoms with Crippen molar-refractivity contribution in [2.24, 2.45) is 5.10 Å². The Morgan fingerprint density at radius 3 is 2.41 bits per heavy atom. The quantitative estimate of drug-likeness (QED) is 0.487. The first-order valence-corrected chi connectivity index (χ1v) is 8.87. The number of nitrogens with one attached hydrogen (secondary N) is 2. The van der Waals surface area contributed by atoms with Gasteiger partial charge in [-0.25, -0.2) is 10.1 Å². The van der Waals surface area contributed by atoms with Crippen LogP contribution >= 0.6 is 34.8 Å². The molecule has 27 heavy (non-hydrogen) atoms. The second-order valence-corrected chi connectivity index (χ2v) is 6.83. The molecule has 1 heterocycles. The minimum atomic E-state index is -0.420. The fraction of sp³-hybridized carbons (Fsp3) is 0.0556. The Labute approximate surface area is 169 Å².